The number of rotatable bonds is 2. The largest absolute Gasteiger partial charge is 0.475 e. The molecule has 1 rings (SSSR count). The van der Waals surface area contributed by atoms with Gasteiger partial charge < -0.3 is 5.11 Å². The number of carboxylic acid groups (broad SMARTS) is 1. The molecule has 12 heavy (non-hydrogen) atoms. The average Bonchev–Trinajstić information content (AvgIpc) is 2.28. The van der Waals surface area contributed by atoms with Gasteiger partial charge in [0.05, 0.1) is 11.5 Å². The maximum atomic E-state index is 10.8. The molecule has 68 valence electrons. The third kappa shape index (κ3) is 1.82. The lowest BCUT2D eigenvalue weighted by Gasteiger charge is -1.99. The van der Waals surface area contributed by atoms with Crippen molar-refractivity contribution >= 4 is 21.6 Å². The molecule has 0 saturated carbocycles. The molecule has 0 aliphatic carbocycles. The Balaban J connectivity index is 2.71. The summed E-state index contributed by atoms with van der Waals surface area (Å²) in [6.45, 7) is 0. The van der Waals surface area contributed by atoms with Crippen LogP contribution < -0.4 is 0 Å². The third-order valence-electron chi connectivity index (χ3n) is 1.81. The van der Waals surface area contributed by atoms with Crippen molar-refractivity contribution in [3.63, 3.8) is 0 Å². The Kier molecular flexibility index (Phi) is 2.18. The summed E-state index contributed by atoms with van der Waals surface area (Å²) in [7, 11) is -3.16. The van der Waals surface area contributed by atoms with E-state index in [0.29, 0.717) is 0 Å². The van der Waals surface area contributed by atoms with E-state index in [1.807, 2.05) is 0 Å². The first-order valence-electron chi connectivity index (χ1n) is 3.40. The van der Waals surface area contributed by atoms with Crippen LogP contribution in [0, 0.1) is 5.92 Å². The van der Waals surface area contributed by atoms with Gasteiger partial charge in [-0.1, -0.05) is 0 Å². The second-order valence-corrected chi connectivity index (χ2v) is 5.00. The molecule has 1 aliphatic rings. The highest BCUT2D eigenvalue weighted by Gasteiger charge is 2.35. The maximum Gasteiger partial charge on any atom is 0.372 e. The Hall–Kier alpha value is -0.910. The van der Waals surface area contributed by atoms with E-state index in [0.717, 1.165) is 0 Å². The van der Waals surface area contributed by atoms with Gasteiger partial charge >= 0.3 is 5.97 Å². The second-order valence-electron chi connectivity index (χ2n) is 2.77. The first kappa shape index (κ1) is 9.18. The van der Waals surface area contributed by atoms with E-state index in [-0.39, 0.29) is 17.9 Å². The normalized spacial score (nSPS) is 26.8. The molecule has 0 aromatic carbocycles. The second kappa shape index (κ2) is 2.85. The predicted octanol–water partition coefficient (Wildman–Crippen LogP) is -0.925. The van der Waals surface area contributed by atoms with Gasteiger partial charge in [-0.25, -0.2) is 13.2 Å². The van der Waals surface area contributed by atoms with Crippen LogP contribution in [-0.4, -0.2) is 36.8 Å². The number of carbonyl (C=O) groups is 2. The highest BCUT2D eigenvalue weighted by molar-refractivity contribution is 7.91. The van der Waals surface area contributed by atoms with Gasteiger partial charge in [0, 0.05) is 5.92 Å². The van der Waals surface area contributed by atoms with Crippen molar-refractivity contribution in [2.75, 3.05) is 11.5 Å². The molecule has 1 fully saturated rings. The lowest BCUT2D eigenvalue weighted by Crippen LogP contribution is -2.24. The zero-order valence-corrected chi connectivity index (χ0v) is 7.00. The highest BCUT2D eigenvalue weighted by Crippen LogP contribution is 2.18. The SMILES string of the molecule is O=C(O)C(=O)C1CCS(=O)(=O)C1. The number of ketones is 1. The molecule has 0 aromatic rings. The van der Waals surface area contributed by atoms with Crippen molar-refractivity contribution in [1.29, 1.82) is 0 Å². The zero-order valence-electron chi connectivity index (χ0n) is 6.19. The molecule has 0 amide bonds. The van der Waals surface area contributed by atoms with Gasteiger partial charge in [-0.15, -0.1) is 0 Å². The quantitative estimate of drug-likeness (QED) is 0.571. The van der Waals surface area contributed by atoms with Crippen LogP contribution in [0.25, 0.3) is 0 Å². The van der Waals surface area contributed by atoms with Crippen molar-refractivity contribution < 1.29 is 23.1 Å². The topological polar surface area (TPSA) is 88.5 Å². The van der Waals surface area contributed by atoms with Crippen LogP contribution in [0.5, 0.6) is 0 Å². The van der Waals surface area contributed by atoms with Gasteiger partial charge in [-0.2, -0.15) is 0 Å². The van der Waals surface area contributed by atoms with Crippen LogP contribution in [0.15, 0.2) is 0 Å². The third-order valence-corrected chi connectivity index (χ3v) is 3.58. The smallest absolute Gasteiger partial charge is 0.372 e. The van der Waals surface area contributed by atoms with Crippen LogP contribution in [0.1, 0.15) is 6.42 Å². The monoisotopic (exact) mass is 192 g/mol. The molecule has 1 aliphatic heterocycles. The molecule has 1 unspecified atom stereocenters. The highest BCUT2D eigenvalue weighted by atomic mass is 32.2. The minimum absolute atomic E-state index is 0.0727. The predicted molar refractivity (Wildman–Crippen MR) is 39.4 cm³/mol. The first-order chi connectivity index (χ1) is 5.42. The lowest BCUT2D eigenvalue weighted by molar-refractivity contribution is -0.150. The molecule has 1 saturated heterocycles. The van der Waals surface area contributed by atoms with Crippen molar-refractivity contribution in [3.05, 3.63) is 0 Å². The molecule has 1 heterocycles. The Morgan fingerprint density at radius 1 is 1.33 bits per heavy atom. The van der Waals surface area contributed by atoms with Gasteiger partial charge in [-0.3, -0.25) is 4.79 Å². The summed E-state index contributed by atoms with van der Waals surface area (Å²) in [5, 5.41) is 8.27. The summed E-state index contributed by atoms with van der Waals surface area (Å²) < 4.78 is 21.6. The maximum absolute atomic E-state index is 10.8. The Morgan fingerprint density at radius 3 is 2.25 bits per heavy atom. The lowest BCUT2D eigenvalue weighted by atomic mass is 10.0. The van der Waals surface area contributed by atoms with Gasteiger partial charge in [-0.05, 0) is 6.42 Å². The standard InChI is InChI=1S/C6H8O5S/c7-5(6(8)9)4-1-2-12(10,11)3-4/h4H,1-3H2,(H,8,9). The van der Waals surface area contributed by atoms with Gasteiger partial charge in [0.1, 0.15) is 0 Å². The molecule has 0 spiro atoms. The number of carbonyl (C=O) groups excluding carboxylic acids is 1. The van der Waals surface area contributed by atoms with Crippen LogP contribution >= 0.6 is 0 Å². The molecule has 1 atom stereocenters. The van der Waals surface area contributed by atoms with Crippen molar-refractivity contribution in [3.8, 4) is 0 Å². The van der Waals surface area contributed by atoms with Crippen molar-refractivity contribution in [1.82, 2.24) is 0 Å². The molecule has 0 aromatic heterocycles. The number of hydrogen-bond donors (Lipinski definition) is 1. The molecule has 0 bridgehead atoms. The summed E-state index contributed by atoms with van der Waals surface area (Å²) in [6.07, 6.45) is 0.146. The summed E-state index contributed by atoms with van der Waals surface area (Å²) in [5.74, 6) is -3.74. The Bertz CT molecular complexity index is 315. The van der Waals surface area contributed by atoms with E-state index in [9.17, 15) is 18.0 Å². The minimum atomic E-state index is -3.16. The van der Waals surface area contributed by atoms with E-state index < -0.39 is 27.5 Å². The van der Waals surface area contributed by atoms with E-state index >= 15 is 0 Å². The number of sulfone groups is 1. The summed E-state index contributed by atoms with van der Waals surface area (Å²) in [6, 6.07) is 0. The fourth-order valence-electron chi connectivity index (χ4n) is 1.18. The number of hydrogen-bond acceptors (Lipinski definition) is 4. The van der Waals surface area contributed by atoms with E-state index in [1.54, 1.807) is 0 Å². The van der Waals surface area contributed by atoms with Crippen LogP contribution in [0.4, 0.5) is 0 Å². The van der Waals surface area contributed by atoms with Gasteiger partial charge in [0.25, 0.3) is 0 Å². The number of Topliss-reactive ketones (excluding diaryl/α,β-unsaturated/α-hetero) is 1. The zero-order chi connectivity index (χ0) is 9.35. The summed E-state index contributed by atoms with van der Waals surface area (Å²) in [4.78, 5) is 20.9. The van der Waals surface area contributed by atoms with E-state index in [2.05, 4.69) is 0 Å². The van der Waals surface area contributed by atoms with Gasteiger partial charge in [0.15, 0.2) is 9.84 Å². The van der Waals surface area contributed by atoms with Gasteiger partial charge in [0.2, 0.25) is 5.78 Å². The van der Waals surface area contributed by atoms with E-state index in [1.165, 1.54) is 0 Å². The number of aliphatic carboxylic acids is 1. The molecule has 0 radical (unpaired) electrons. The van der Waals surface area contributed by atoms with Crippen LogP contribution in [-0.2, 0) is 19.4 Å². The van der Waals surface area contributed by atoms with E-state index in [4.69, 9.17) is 5.11 Å². The summed E-state index contributed by atoms with van der Waals surface area (Å²) >= 11 is 0. The first-order valence-corrected chi connectivity index (χ1v) is 5.22. The molecule has 6 heteroatoms. The molecular weight excluding hydrogens is 184 g/mol. The number of carboxylic acids is 1. The van der Waals surface area contributed by atoms with Crippen LogP contribution in [0.2, 0.25) is 0 Å². The Labute approximate surface area is 69.3 Å². The molecule has 1 N–H and O–H groups in total. The Morgan fingerprint density at radius 2 is 1.92 bits per heavy atom. The minimum Gasteiger partial charge on any atom is -0.475 e. The molecule has 5 nitrogen and oxygen atoms in total. The van der Waals surface area contributed by atoms with Crippen LogP contribution in [0.3, 0.4) is 0 Å². The fourth-order valence-corrected chi connectivity index (χ4v) is 2.92. The average molecular weight is 192 g/mol. The fraction of sp³-hybridized carbons (Fsp3) is 0.667. The molecular formula is C6H8O5S. The summed E-state index contributed by atoms with van der Waals surface area (Å²) in [5.41, 5.74) is 0. The van der Waals surface area contributed by atoms with Crippen molar-refractivity contribution in [2.24, 2.45) is 5.92 Å². The van der Waals surface area contributed by atoms with Crippen molar-refractivity contribution in [2.45, 2.75) is 6.42 Å².